The lowest BCUT2D eigenvalue weighted by Crippen LogP contribution is -2.60. The first kappa shape index (κ1) is 17.2. The van der Waals surface area contributed by atoms with E-state index in [9.17, 15) is 18.0 Å². The third-order valence-corrected chi connectivity index (χ3v) is 6.99. The van der Waals surface area contributed by atoms with Gasteiger partial charge in [-0.3, -0.25) is 14.5 Å². The molecule has 0 spiro atoms. The summed E-state index contributed by atoms with van der Waals surface area (Å²) in [5.41, 5.74) is 1.25. The van der Waals surface area contributed by atoms with E-state index in [1.165, 1.54) is 4.57 Å². The highest BCUT2D eigenvalue weighted by Gasteiger charge is 2.47. The van der Waals surface area contributed by atoms with E-state index in [-0.39, 0.29) is 40.6 Å². The number of nitrogens with zero attached hydrogens (tertiary/aromatic N) is 3. The van der Waals surface area contributed by atoms with Gasteiger partial charge in [-0.2, -0.15) is 0 Å². The van der Waals surface area contributed by atoms with Crippen molar-refractivity contribution in [3.05, 3.63) is 33.2 Å². The van der Waals surface area contributed by atoms with Crippen molar-refractivity contribution in [2.24, 2.45) is 7.05 Å². The van der Waals surface area contributed by atoms with Gasteiger partial charge in [-0.05, 0) is 32.5 Å². The third-order valence-electron chi connectivity index (χ3n) is 5.30. The number of fused-ring (bicyclic) bond motifs is 1. The first-order chi connectivity index (χ1) is 11.1. The van der Waals surface area contributed by atoms with Crippen molar-refractivity contribution < 1.29 is 13.2 Å². The van der Waals surface area contributed by atoms with Crippen molar-refractivity contribution in [2.75, 3.05) is 31.6 Å². The van der Waals surface area contributed by atoms with E-state index in [1.807, 2.05) is 24.9 Å². The maximum absolute atomic E-state index is 13.1. The Kier molecular flexibility index (Phi) is 4.08. The molecular weight excluding hydrogens is 330 g/mol. The highest BCUT2D eigenvalue weighted by atomic mass is 32.2. The Hall–Kier alpha value is -1.67. The zero-order chi connectivity index (χ0) is 17.8. The van der Waals surface area contributed by atoms with Gasteiger partial charge in [-0.25, -0.2) is 8.42 Å². The van der Waals surface area contributed by atoms with Crippen LogP contribution in [0, 0.1) is 13.8 Å². The molecule has 0 bridgehead atoms. The molecule has 3 heterocycles. The van der Waals surface area contributed by atoms with Gasteiger partial charge in [0.2, 0.25) is 0 Å². The van der Waals surface area contributed by atoms with Crippen molar-refractivity contribution in [3.8, 4) is 0 Å². The summed E-state index contributed by atoms with van der Waals surface area (Å²) >= 11 is 0. The van der Waals surface area contributed by atoms with Crippen molar-refractivity contribution in [2.45, 2.75) is 25.9 Å². The van der Waals surface area contributed by atoms with Gasteiger partial charge in [0.1, 0.15) is 5.56 Å². The van der Waals surface area contributed by atoms with Crippen LogP contribution in [0.2, 0.25) is 0 Å². The number of sulfone groups is 1. The summed E-state index contributed by atoms with van der Waals surface area (Å²) in [6.45, 7) is 4.61. The fraction of sp³-hybridized carbons (Fsp3) is 0.625. The maximum atomic E-state index is 13.1. The zero-order valence-electron chi connectivity index (χ0n) is 14.4. The summed E-state index contributed by atoms with van der Waals surface area (Å²) in [5.74, 6) is -0.310. The second kappa shape index (κ2) is 5.70. The molecule has 1 aromatic rings. The fourth-order valence-corrected chi connectivity index (χ4v) is 5.82. The topological polar surface area (TPSA) is 79.7 Å². The quantitative estimate of drug-likeness (QED) is 0.684. The molecule has 2 aliphatic rings. The Labute approximate surface area is 141 Å². The summed E-state index contributed by atoms with van der Waals surface area (Å²) in [6.07, 6.45) is 0. The number of aryl methyl sites for hydroxylation is 2. The van der Waals surface area contributed by atoms with Crippen LogP contribution in [-0.2, 0) is 16.9 Å². The number of carbonyl (C=O) groups excluding carboxylic acids is 1. The Bertz CT molecular complexity index is 859. The van der Waals surface area contributed by atoms with Gasteiger partial charge in [-0.1, -0.05) is 0 Å². The molecule has 0 N–H and O–H groups in total. The minimum atomic E-state index is -3.16. The molecule has 0 aromatic carbocycles. The van der Waals surface area contributed by atoms with Crippen LogP contribution >= 0.6 is 0 Å². The zero-order valence-corrected chi connectivity index (χ0v) is 15.3. The van der Waals surface area contributed by atoms with E-state index in [2.05, 4.69) is 0 Å². The Balaban J connectivity index is 2.02. The average Bonchev–Trinajstić information content (AvgIpc) is 2.81. The molecule has 3 rings (SSSR count). The van der Waals surface area contributed by atoms with Crippen molar-refractivity contribution in [1.82, 2.24) is 14.4 Å². The number of pyridine rings is 1. The van der Waals surface area contributed by atoms with Crippen LogP contribution in [-0.4, -0.2) is 72.4 Å². The molecule has 1 aromatic heterocycles. The van der Waals surface area contributed by atoms with E-state index < -0.39 is 9.84 Å². The molecule has 0 radical (unpaired) electrons. The molecule has 2 fully saturated rings. The van der Waals surface area contributed by atoms with Gasteiger partial charge in [0.05, 0.1) is 17.5 Å². The molecule has 2 aliphatic heterocycles. The number of piperazine rings is 1. The molecule has 1 amide bonds. The first-order valence-electron chi connectivity index (χ1n) is 8.01. The normalized spacial score (nSPS) is 26.4. The number of rotatable bonds is 1. The molecule has 0 unspecified atom stereocenters. The van der Waals surface area contributed by atoms with Gasteiger partial charge in [0.15, 0.2) is 9.84 Å². The number of hydrogen-bond acceptors (Lipinski definition) is 5. The highest BCUT2D eigenvalue weighted by molar-refractivity contribution is 7.91. The van der Waals surface area contributed by atoms with Crippen LogP contribution < -0.4 is 5.56 Å². The van der Waals surface area contributed by atoms with Gasteiger partial charge < -0.3 is 9.47 Å². The second-order valence-corrected chi connectivity index (χ2v) is 9.05. The van der Waals surface area contributed by atoms with E-state index in [0.29, 0.717) is 18.7 Å². The third kappa shape index (κ3) is 2.67. The summed E-state index contributed by atoms with van der Waals surface area (Å²) in [7, 11) is 0.361. The molecule has 24 heavy (non-hydrogen) atoms. The first-order valence-corrected chi connectivity index (χ1v) is 9.83. The lowest BCUT2D eigenvalue weighted by molar-refractivity contribution is 0.0407. The van der Waals surface area contributed by atoms with Crippen LogP contribution in [0.3, 0.4) is 0 Å². The Morgan fingerprint density at radius 3 is 2.42 bits per heavy atom. The summed E-state index contributed by atoms with van der Waals surface area (Å²) in [5, 5.41) is 0. The minimum absolute atomic E-state index is 0.0288. The minimum Gasteiger partial charge on any atom is -0.332 e. The number of aromatic nitrogens is 1. The molecule has 2 saturated heterocycles. The van der Waals surface area contributed by atoms with Crippen LogP contribution in [0.4, 0.5) is 0 Å². The van der Waals surface area contributed by atoms with Gasteiger partial charge >= 0.3 is 0 Å². The standard InChI is InChI=1S/C16H23N3O4S/c1-10-7-11(2)18(4)15(20)14(10)16(21)19-6-5-17(3)12-8-24(22,23)9-13(12)19/h7,12-13H,5-6,8-9H2,1-4H3/t12-,13+/m0/s1. The van der Waals surface area contributed by atoms with Crippen LogP contribution in [0.5, 0.6) is 0 Å². The number of likely N-dealkylation sites (N-methyl/N-ethyl adjacent to an activating group) is 1. The van der Waals surface area contributed by atoms with Crippen LogP contribution in [0.15, 0.2) is 10.9 Å². The summed E-state index contributed by atoms with van der Waals surface area (Å²) in [4.78, 5) is 29.2. The monoisotopic (exact) mass is 353 g/mol. The lowest BCUT2D eigenvalue weighted by atomic mass is 10.0. The summed E-state index contributed by atoms with van der Waals surface area (Å²) < 4.78 is 25.6. The SMILES string of the molecule is Cc1cc(C)n(C)c(=O)c1C(=O)N1CCN(C)[C@H]2CS(=O)(=O)C[C@H]21. The van der Waals surface area contributed by atoms with E-state index >= 15 is 0 Å². The lowest BCUT2D eigenvalue weighted by Gasteiger charge is -2.42. The van der Waals surface area contributed by atoms with E-state index in [4.69, 9.17) is 0 Å². The van der Waals surface area contributed by atoms with E-state index in [0.717, 1.165) is 5.69 Å². The second-order valence-electron chi connectivity index (χ2n) is 6.90. The molecule has 7 nitrogen and oxygen atoms in total. The number of carbonyl (C=O) groups is 1. The number of amides is 1. The average molecular weight is 353 g/mol. The molecule has 0 saturated carbocycles. The van der Waals surface area contributed by atoms with Gasteiger partial charge in [-0.15, -0.1) is 0 Å². The predicted molar refractivity (Wildman–Crippen MR) is 91.1 cm³/mol. The van der Waals surface area contributed by atoms with Crippen molar-refractivity contribution in [3.63, 3.8) is 0 Å². The molecule has 132 valence electrons. The Morgan fingerprint density at radius 1 is 1.12 bits per heavy atom. The van der Waals surface area contributed by atoms with Crippen molar-refractivity contribution in [1.29, 1.82) is 0 Å². The fourth-order valence-electron chi connectivity index (χ4n) is 3.76. The molecule has 2 atom stereocenters. The van der Waals surface area contributed by atoms with Crippen molar-refractivity contribution >= 4 is 15.7 Å². The van der Waals surface area contributed by atoms with Crippen LogP contribution in [0.25, 0.3) is 0 Å². The molecule has 8 heteroatoms. The maximum Gasteiger partial charge on any atom is 0.263 e. The predicted octanol–water partition coefficient (Wildman–Crippen LogP) is -0.445. The number of hydrogen-bond donors (Lipinski definition) is 0. The largest absolute Gasteiger partial charge is 0.332 e. The summed E-state index contributed by atoms with van der Waals surface area (Å²) in [6, 6.07) is 1.24. The Morgan fingerprint density at radius 2 is 1.75 bits per heavy atom. The van der Waals surface area contributed by atoms with Gasteiger partial charge in [0.25, 0.3) is 11.5 Å². The smallest absolute Gasteiger partial charge is 0.263 e. The molecule has 0 aliphatic carbocycles. The van der Waals surface area contributed by atoms with Crippen LogP contribution in [0.1, 0.15) is 21.6 Å². The van der Waals surface area contributed by atoms with Gasteiger partial charge in [0, 0.05) is 31.9 Å². The van der Waals surface area contributed by atoms with E-state index in [1.54, 1.807) is 18.9 Å². The highest BCUT2D eigenvalue weighted by Crippen LogP contribution is 2.27. The molecular formula is C16H23N3O4S.